The summed E-state index contributed by atoms with van der Waals surface area (Å²) in [5, 5.41) is 3.72. The molecule has 0 aliphatic heterocycles. The molecule has 0 bridgehead atoms. The zero-order valence-corrected chi connectivity index (χ0v) is 17.1. The first-order valence-electron chi connectivity index (χ1n) is 8.95. The van der Waals surface area contributed by atoms with E-state index in [0.717, 1.165) is 6.42 Å². The molecule has 0 atom stereocenters. The second-order valence-electron chi connectivity index (χ2n) is 6.18. The Morgan fingerprint density at radius 1 is 1.03 bits per heavy atom. The molecule has 1 heterocycles. The topological polar surface area (TPSA) is 107 Å². The number of rotatable bonds is 8. The lowest BCUT2D eigenvalue weighted by Crippen LogP contribution is -2.21. The van der Waals surface area contributed by atoms with Gasteiger partial charge < -0.3 is 19.2 Å². The fourth-order valence-electron chi connectivity index (χ4n) is 2.86. The molecule has 3 aromatic rings. The predicted octanol–water partition coefficient (Wildman–Crippen LogP) is 3.43. The van der Waals surface area contributed by atoms with E-state index in [1.165, 1.54) is 26.4 Å². The monoisotopic (exact) mass is 418 g/mol. The molecular weight excluding hydrogens is 396 g/mol. The molecule has 0 radical (unpaired) electrons. The van der Waals surface area contributed by atoms with Gasteiger partial charge in [0.15, 0.2) is 5.69 Å². The lowest BCUT2D eigenvalue weighted by molar-refractivity contribution is 0.392. The van der Waals surface area contributed by atoms with Gasteiger partial charge >= 0.3 is 5.63 Å². The van der Waals surface area contributed by atoms with Crippen LogP contribution < -0.4 is 25.1 Å². The number of ether oxygens (including phenoxy) is 2. The lowest BCUT2D eigenvalue weighted by Gasteiger charge is -2.16. The highest BCUT2D eigenvalue weighted by Gasteiger charge is 2.25. The van der Waals surface area contributed by atoms with E-state index in [1.807, 2.05) is 6.92 Å². The molecule has 0 amide bonds. The van der Waals surface area contributed by atoms with Gasteiger partial charge in [0.2, 0.25) is 0 Å². The molecule has 0 aliphatic carbocycles. The van der Waals surface area contributed by atoms with Crippen molar-refractivity contribution in [1.29, 1.82) is 0 Å². The summed E-state index contributed by atoms with van der Waals surface area (Å²) in [7, 11) is -1.39. The SMILES string of the molecule is CCCNc1c(NS(=O)(=O)c2cc(OC)ccc2OC)c(=O)oc2ccccc12. The van der Waals surface area contributed by atoms with Crippen LogP contribution in [0.25, 0.3) is 11.0 Å². The van der Waals surface area contributed by atoms with Gasteiger partial charge in [-0.15, -0.1) is 0 Å². The molecule has 0 aliphatic rings. The fourth-order valence-corrected chi connectivity index (χ4v) is 4.11. The second kappa shape index (κ2) is 8.44. The molecule has 0 unspecified atom stereocenters. The Hall–Kier alpha value is -3.20. The van der Waals surface area contributed by atoms with Crippen LogP contribution in [0.2, 0.25) is 0 Å². The quantitative estimate of drug-likeness (QED) is 0.540. The van der Waals surface area contributed by atoms with Gasteiger partial charge in [-0.3, -0.25) is 4.72 Å². The maximum absolute atomic E-state index is 13.1. The number of anilines is 2. The predicted molar refractivity (Wildman–Crippen MR) is 112 cm³/mol. The van der Waals surface area contributed by atoms with Crippen LogP contribution in [0, 0.1) is 0 Å². The van der Waals surface area contributed by atoms with E-state index < -0.39 is 15.6 Å². The first kappa shape index (κ1) is 20.5. The Kier molecular flexibility index (Phi) is 5.97. The van der Waals surface area contributed by atoms with E-state index in [-0.39, 0.29) is 16.3 Å². The zero-order chi connectivity index (χ0) is 21.0. The summed E-state index contributed by atoms with van der Waals surface area (Å²) in [6.45, 7) is 2.51. The summed E-state index contributed by atoms with van der Waals surface area (Å²) >= 11 is 0. The second-order valence-corrected chi connectivity index (χ2v) is 7.84. The molecule has 0 saturated carbocycles. The van der Waals surface area contributed by atoms with Crippen molar-refractivity contribution in [3.8, 4) is 11.5 Å². The number of benzene rings is 2. The van der Waals surface area contributed by atoms with E-state index in [0.29, 0.717) is 29.0 Å². The largest absolute Gasteiger partial charge is 0.497 e. The van der Waals surface area contributed by atoms with Gasteiger partial charge in [0.25, 0.3) is 10.0 Å². The van der Waals surface area contributed by atoms with E-state index >= 15 is 0 Å². The van der Waals surface area contributed by atoms with Crippen LogP contribution >= 0.6 is 0 Å². The minimum Gasteiger partial charge on any atom is -0.497 e. The first-order chi connectivity index (χ1) is 13.9. The maximum Gasteiger partial charge on any atom is 0.363 e. The van der Waals surface area contributed by atoms with Gasteiger partial charge in [-0.2, -0.15) is 0 Å². The van der Waals surface area contributed by atoms with Gasteiger partial charge in [0, 0.05) is 18.0 Å². The Morgan fingerprint density at radius 2 is 1.79 bits per heavy atom. The van der Waals surface area contributed by atoms with Crippen molar-refractivity contribution >= 4 is 32.4 Å². The zero-order valence-electron chi connectivity index (χ0n) is 16.3. The average molecular weight is 418 g/mol. The van der Waals surface area contributed by atoms with Gasteiger partial charge in [-0.1, -0.05) is 19.1 Å². The molecule has 9 heteroatoms. The Bertz CT molecular complexity index is 1190. The highest BCUT2D eigenvalue weighted by atomic mass is 32.2. The van der Waals surface area contributed by atoms with Crippen LogP contribution in [-0.4, -0.2) is 29.2 Å². The van der Waals surface area contributed by atoms with Crippen molar-refractivity contribution in [3.63, 3.8) is 0 Å². The number of sulfonamides is 1. The molecule has 3 rings (SSSR count). The molecule has 0 spiro atoms. The van der Waals surface area contributed by atoms with Crippen LogP contribution in [-0.2, 0) is 10.0 Å². The highest BCUT2D eigenvalue weighted by molar-refractivity contribution is 7.92. The average Bonchev–Trinajstić information content (AvgIpc) is 2.73. The molecular formula is C20H22N2O6S. The van der Waals surface area contributed by atoms with Crippen LogP contribution in [0.3, 0.4) is 0 Å². The minimum atomic E-state index is -4.18. The summed E-state index contributed by atoms with van der Waals surface area (Å²) in [6, 6.07) is 11.3. The van der Waals surface area contributed by atoms with Crippen molar-refractivity contribution in [1.82, 2.24) is 0 Å². The summed E-state index contributed by atoms with van der Waals surface area (Å²) in [5.41, 5.74) is -0.267. The smallest absolute Gasteiger partial charge is 0.363 e. The van der Waals surface area contributed by atoms with Gasteiger partial charge in [0.05, 0.1) is 19.9 Å². The third-order valence-electron chi connectivity index (χ3n) is 4.26. The van der Waals surface area contributed by atoms with Crippen molar-refractivity contribution in [2.45, 2.75) is 18.2 Å². The molecule has 1 aromatic heterocycles. The van der Waals surface area contributed by atoms with Crippen molar-refractivity contribution < 1.29 is 22.3 Å². The number of hydrogen-bond donors (Lipinski definition) is 2. The van der Waals surface area contributed by atoms with Crippen LogP contribution in [0.15, 0.2) is 56.6 Å². The van der Waals surface area contributed by atoms with Crippen molar-refractivity contribution in [2.24, 2.45) is 0 Å². The third kappa shape index (κ3) is 4.14. The standard InChI is InChI=1S/C20H22N2O6S/c1-4-11-21-18-14-7-5-6-8-15(14)28-20(23)19(18)22-29(24,25)17-12-13(26-2)9-10-16(17)27-3/h5-10,12,21-22H,4,11H2,1-3H3. The molecule has 2 aromatic carbocycles. The van der Waals surface area contributed by atoms with Crippen LogP contribution in [0.1, 0.15) is 13.3 Å². The van der Waals surface area contributed by atoms with E-state index in [4.69, 9.17) is 13.9 Å². The summed E-state index contributed by atoms with van der Waals surface area (Å²) in [6.07, 6.45) is 0.782. The Morgan fingerprint density at radius 3 is 2.48 bits per heavy atom. The van der Waals surface area contributed by atoms with Crippen molar-refractivity contribution in [2.75, 3.05) is 30.8 Å². The van der Waals surface area contributed by atoms with Gasteiger partial charge in [0.1, 0.15) is 22.0 Å². The number of nitrogens with one attached hydrogen (secondary N) is 2. The Labute approximate surface area is 168 Å². The normalized spacial score (nSPS) is 11.3. The molecule has 8 nitrogen and oxygen atoms in total. The molecule has 154 valence electrons. The number of methoxy groups -OCH3 is 2. The van der Waals surface area contributed by atoms with Crippen LogP contribution in [0.5, 0.6) is 11.5 Å². The van der Waals surface area contributed by atoms with Crippen LogP contribution in [0.4, 0.5) is 11.4 Å². The first-order valence-corrected chi connectivity index (χ1v) is 10.4. The molecule has 2 N–H and O–H groups in total. The van der Waals surface area contributed by atoms with Gasteiger partial charge in [-0.05, 0) is 30.7 Å². The van der Waals surface area contributed by atoms with E-state index in [2.05, 4.69) is 10.0 Å². The number of fused-ring (bicyclic) bond motifs is 1. The number of hydrogen-bond acceptors (Lipinski definition) is 7. The summed E-state index contributed by atoms with van der Waals surface area (Å²) < 4.78 is 44.2. The fraction of sp³-hybridized carbons (Fsp3) is 0.250. The summed E-state index contributed by atoms with van der Waals surface area (Å²) in [5.74, 6) is 0.451. The van der Waals surface area contributed by atoms with Crippen molar-refractivity contribution in [3.05, 3.63) is 52.9 Å². The minimum absolute atomic E-state index is 0.117. The third-order valence-corrected chi connectivity index (χ3v) is 5.63. The highest BCUT2D eigenvalue weighted by Crippen LogP contribution is 2.33. The van der Waals surface area contributed by atoms with Gasteiger partial charge in [-0.25, -0.2) is 13.2 Å². The maximum atomic E-state index is 13.1. The summed E-state index contributed by atoms with van der Waals surface area (Å²) in [4.78, 5) is 12.5. The number of para-hydroxylation sites is 1. The van der Waals surface area contributed by atoms with E-state index in [9.17, 15) is 13.2 Å². The molecule has 0 saturated heterocycles. The van der Waals surface area contributed by atoms with E-state index in [1.54, 1.807) is 30.3 Å². The lowest BCUT2D eigenvalue weighted by atomic mass is 10.2. The molecule has 29 heavy (non-hydrogen) atoms. The Balaban J connectivity index is 2.17. The molecule has 0 fully saturated rings.